The number of thiophene rings is 1. The van der Waals surface area contributed by atoms with Gasteiger partial charge in [-0.05, 0) is 48.4 Å². The number of aliphatic hydroxyl groups is 1. The van der Waals surface area contributed by atoms with Crippen LogP contribution < -0.4 is 10.6 Å². The molecule has 0 spiro atoms. The molecule has 0 saturated carbocycles. The Morgan fingerprint density at radius 3 is 3.00 bits per heavy atom. The van der Waals surface area contributed by atoms with Gasteiger partial charge in [-0.2, -0.15) is 11.3 Å². The fraction of sp³-hybridized carbons (Fsp3) is 0.353. The molecule has 4 N–H and O–H groups in total. The Balaban J connectivity index is 1.62. The maximum Gasteiger partial charge on any atom is 0.216 e. The van der Waals surface area contributed by atoms with E-state index in [4.69, 9.17) is 4.42 Å². The second-order valence-electron chi connectivity index (χ2n) is 5.92. The number of nitrogens with one attached hydrogen (secondary N) is 3. The number of aliphatic imine (C=N–C) groups is 1. The quantitative estimate of drug-likeness (QED) is 0.372. The molecule has 3 aromatic heterocycles. The summed E-state index contributed by atoms with van der Waals surface area (Å²) in [5.41, 5.74) is -0.0984. The van der Waals surface area contributed by atoms with Gasteiger partial charge in [-0.1, -0.05) is 0 Å². The summed E-state index contributed by atoms with van der Waals surface area (Å²) in [4.78, 5) is 8.85. The van der Waals surface area contributed by atoms with E-state index in [1.807, 2.05) is 23.8 Å². The Kier molecular flexibility index (Phi) is 5.69. The molecule has 9 heteroatoms. The lowest BCUT2D eigenvalue weighted by Crippen LogP contribution is -2.44. The van der Waals surface area contributed by atoms with E-state index >= 15 is 0 Å². The molecule has 0 aliphatic rings. The fourth-order valence-electron chi connectivity index (χ4n) is 2.31. The molecule has 3 aromatic rings. The van der Waals surface area contributed by atoms with Crippen molar-refractivity contribution in [3.63, 3.8) is 0 Å². The summed E-state index contributed by atoms with van der Waals surface area (Å²) >= 11 is 1.56. The highest BCUT2D eigenvalue weighted by molar-refractivity contribution is 7.08. The molecule has 0 aromatic carbocycles. The van der Waals surface area contributed by atoms with Crippen LogP contribution in [0.15, 0.2) is 44.6 Å². The highest BCUT2D eigenvalue weighted by Crippen LogP contribution is 2.22. The number of guanidine groups is 1. The second-order valence-corrected chi connectivity index (χ2v) is 6.70. The average Bonchev–Trinajstić information content (AvgIpc) is 3.39. The Bertz CT molecular complexity index is 823. The first kappa shape index (κ1) is 18.2. The van der Waals surface area contributed by atoms with Crippen molar-refractivity contribution in [3.8, 4) is 11.6 Å². The zero-order valence-corrected chi connectivity index (χ0v) is 15.5. The second kappa shape index (κ2) is 8.15. The zero-order chi connectivity index (χ0) is 18.4. The van der Waals surface area contributed by atoms with Crippen molar-refractivity contribution < 1.29 is 9.52 Å². The summed E-state index contributed by atoms with van der Waals surface area (Å²) in [6, 6.07) is 5.51. The van der Waals surface area contributed by atoms with E-state index < -0.39 is 5.60 Å². The third-order valence-corrected chi connectivity index (χ3v) is 4.43. The number of furan rings is 1. The van der Waals surface area contributed by atoms with Crippen molar-refractivity contribution in [2.45, 2.75) is 26.0 Å². The lowest BCUT2D eigenvalue weighted by molar-refractivity contribution is 0.0621. The third kappa shape index (κ3) is 4.50. The van der Waals surface area contributed by atoms with E-state index in [2.05, 4.69) is 30.8 Å². The van der Waals surface area contributed by atoms with Crippen molar-refractivity contribution in [3.05, 3.63) is 46.6 Å². The highest BCUT2D eigenvalue weighted by atomic mass is 32.1. The largest absolute Gasteiger partial charge is 0.461 e. The molecule has 0 fully saturated rings. The lowest BCUT2D eigenvalue weighted by Gasteiger charge is -2.24. The molecule has 26 heavy (non-hydrogen) atoms. The van der Waals surface area contributed by atoms with Crippen molar-refractivity contribution in [1.82, 2.24) is 25.8 Å². The SMILES string of the molecule is CCNC(=NCc1nc(-c2ccco2)n[nH]1)NCC(C)(O)c1ccsc1. The van der Waals surface area contributed by atoms with Gasteiger partial charge in [-0.3, -0.25) is 5.10 Å². The van der Waals surface area contributed by atoms with E-state index in [-0.39, 0.29) is 0 Å². The number of hydrogen-bond donors (Lipinski definition) is 4. The van der Waals surface area contributed by atoms with Gasteiger partial charge in [-0.25, -0.2) is 9.98 Å². The summed E-state index contributed by atoms with van der Waals surface area (Å²) in [6.45, 7) is 5.13. The summed E-state index contributed by atoms with van der Waals surface area (Å²) in [5, 5.41) is 27.8. The Labute approximate surface area is 155 Å². The smallest absolute Gasteiger partial charge is 0.216 e. The minimum absolute atomic E-state index is 0.323. The van der Waals surface area contributed by atoms with Crippen molar-refractivity contribution in [2.75, 3.05) is 13.1 Å². The van der Waals surface area contributed by atoms with Crippen LogP contribution in [0.25, 0.3) is 11.6 Å². The van der Waals surface area contributed by atoms with Crippen molar-refractivity contribution >= 4 is 17.3 Å². The van der Waals surface area contributed by atoms with Gasteiger partial charge < -0.3 is 20.2 Å². The predicted octanol–water partition coefficient (Wildman–Crippen LogP) is 2.09. The minimum atomic E-state index is -0.977. The molecule has 1 atom stereocenters. The average molecular weight is 374 g/mol. The Hall–Kier alpha value is -2.65. The van der Waals surface area contributed by atoms with E-state index in [1.54, 1.807) is 36.7 Å². The van der Waals surface area contributed by atoms with Crippen LogP contribution in [0.4, 0.5) is 0 Å². The predicted molar refractivity (Wildman–Crippen MR) is 101 cm³/mol. The van der Waals surface area contributed by atoms with Crippen LogP contribution in [-0.2, 0) is 12.1 Å². The molecule has 3 heterocycles. The monoisotopic (exact) mass is 374 g/mol. The molecule has 0 bridgehead atoms. The number of hydrogen-bond acceptors (Lipinski definition) is 6. The standard InChI is InChI=1S/C17H22N6O2S/c1-3-18-16(20-11-17(2,24)12-6-8-26-10-12)19-9-14-21-15(23-22-14)13-5-4-7-25-13/h4-8,10,24H,3,9,11H2,1-2H3,(H2,18,19,20)(H,21,22,23). The Morgan fingerprint density at radius 1 is 1.42 bits per heavy atom. The van der Waals surface area contributed by atoms with Crippen LogP contribution >= 0.6 is 11.3 Å². The molecule has 0 radical (unpaired) electrons. The fourth-order valence-corrected chi connectivity index (χ4v) is 3.09. The third-order valence-electron chi connectivity index (χ3n) is 3.75. The van der Waals surface area contributed by atoms with Gasteiger partial charge in [-0.15, -0.1) is 5.10 Å². The number of H-pyrrole nitrogens is 1. The number of aromatic amines is 1. The first-order valence-corrected chi connectivity index (χ1v) is 9.25. The molecule has 8 nitrogen and oxygen atoms in total. The van der Waals surface area contributed by atoms with Gasteiger partial charge >= 0.3 is 0 Å². The lowest BCUT2D eigenvalue weighted by atomic mass is 9.99. The minimum Gasteiger partial charge on any atom is -0.461 e. The first-order valence-electron chi connectivity index (χ1n) is 8.31. The molecular formula is C17H22N6O2S. The summed E-state index contributed by atoms with van der Waals surface area (Å²) < 4.78 is 5.28. The molecule has 3 rings (SSSR count). The molecule has 0 saturated heterocycles. The van der Waals surface area contributed by atoms with E-state index in [1.165, 1.54) is 0 Å². The van der Waals surface area contributed by atoms with Crippen LogP contribution in [0.3, 0.4) is 0 Å². The van der Waals surface area contributed by atoms with Crippen molar-refractivity contribution in [1.29, 1.82) is 0 Å². The number of aromatic nitrogens is 3. The van der Waals surface area contributed by atoms with Gasteiger partial charge in [0.15, 0.2) is 11.7 Å². The van der Waals surface area contributed by atoms with Crippen molar-refractivity contribution in [2.24, 2.45) is 4.99 Å². The topological polar surface area (TPSA) is 111 Å². The van der Waals surface area contributed by atoms with Gasteiger partial charge in [0.1, 0.15) is 18.0 Å². The van der Waals surface area contributed by atoms with Crippen LogP contribution in [-0.4, -0.2) is 39.3 Å². The Morgan fingerprint density at radius 2 is 2.31 bits per heavy atom. The molecule has 0 amide bonds. The normalized spacial score (nSPS) is 14.2. The molecular weight excluding hydrogens is 352 g/mol. The van der Waals surface area contributed by atoms with Gasteiger partial charge in [0.2, 0.25) is 5.82 Å². The van der Waals surface area contributed by atoms with Gasteiger partial charge in [0.05, 0.1) is 12.8 Å². The maximum absolute atomic E-state index is 10.6. The highest BCUT2D eigenvalue weighted by Gasteiger charge is 2.23. The molecule has 138 valence electrons. The maximum atomic E-state index is 10.6. The number of nitrogens with zero attached hydrogens (tertiary/aromatic N) is 3. The molecule has 1 unspecified atom stereocenters. The summed E-state index contributed by atoms with van der Waals surface area (Å²) in [6.07, 6.45) is 1.58. The first-order chi connectivity index (χ1) is 12.6. The van der Waals surface area contributed by atoms with Gasteiger partial charge in [0, 0.05) is 6.54 Å². The number of rotatable bonds is 7. The van der Waals surface area contributed by atoms with Crippen LogP contribution in [0.1, 0.15) is 25.2 Å². The van der Waals surface area contributed by atoms with E-state index in [9.17, 15) is 5.11 Å². The van der Waals surface area contributed by atoms with Gasteiger partial charge in [0.25, 0.3) is 0 Å². The zero-order valence-electron chi connectivity index (χ0n) is 14.7. The summed E-state index contributed by atoms with van der Waals surface area (Å²) in [5.74, 6) is 2.32. The molecule has 0 aliphatic heterocycles. The van der Waals surface area contributed by atoms with Crippen LogP contribution in [0.5, 0.6) is 0 Å². The van der Waals surface area contributed by atoms with Crippen LogP contribution in [0, 0.1) is 0 Å². The van der Waals surface area contributed by atoms with E-state index in [0.29, 0.717) is 43.0 Å². The summed E-state index contributed by atoms with van der Waals surface area (Å²) in [7, 11) is 0. The molecule has 0 aliphatic carbocycles. The van der Waals surface area contributed by atoms with Crippen LogP contribution in [0.2, 0.25) is 0 Å². The van der Waals surface area contributed by atoms with E-state index in [0.717, 1.165) is 5.56 Å².